The summed E-state index contributed by atoms with van der Waals surface area (Å²) in [5.74, 6) is -0.354. The van der Waals surface area contributed by atoms with Crippen LogP contribution in [0, 0.1) is 0 Å². The standard InChI is InChI=1S/C7H7NO2.H3N/c1-10-7(9)6-3-2-4-8-5-6;/h2-5H,1H3;1H3. The third-order valence-electron chi connectivity index (χ3n) is 1.08. The highest BCUT2D eigenvalue weighted by atomic mass is 16.5. The largest absolute Gasteiger partial charge is 0.465 e. The molecule has 0 fully saturated rings. The van der Waals surface area contributed by atoms with E-state index < -0.39 is 0 Å². The summed E-state index contributed by atoms with van der Waals surface area (Å²) in [7, 11) is 1.34. The van der Waals surface area contributed by atoms with Gasteiger partial charge >= 0.3 is 5.97 Å². The summed E-state index contributed by atoms with van der Waals surface area (Å²) < 4.78 is 4.46. The minimum absolute atomic E-state index is 0. The number of ether oxygens (including phenoxy) is 1. The highest BCUT2D eigenvalue weighted by Gasteiger charge is 2.01. The first kappa shape index (κ1) is 9.58. The molecule has 0 saturated heterocycles. The Balaban J connectivity index is 0.000001000. The molecule has 1 aromatic rings. The maximum absolute atomic E-state index is 10.8. The number of hydrogen-bond acceptors (Lipinski definition) is 4. The van der Waals surface area contributed by atoms with E-state index in [4.69, 9.17) is 0 Å². The van der Waals surface area contributed by atoms with Crippen molar-refractivity contribution in [1.82, 2.24) is 11.1 Å². The smallest absolute Gasteiger partial charge is 0.339 e. The zero-order valence-corrected chi connectivity index (χ0v) is 6.28. The third-order valence-corrected chi connectivity index (χ3v) is 1.08. The molecule has 0 aromatic carbocycles. The molecule has 1 aromatic heterocycles. The van der Waals surface area contributed by atoms with Crippen molar-refractivity contribution in [3.63, 3.8) is 0 Å². The number of pyridine rings is 1. The van der Waals surface area contributed by atoms with E-state index in [9.17, 15) is 4.79 Å². The van der Waals surface area contributed by atoms with Crippen LogP contribution in [0.5, 0.6) is 0 Å². The van der Waals surface area contributed by atoms with Gasteiger partial charge in [-0.15, -0.1) is 0 Å². The zero-order chi connectivity index (χ0) is 7.40. The van der Waals surface area contributed by atoms with E-state index in [0.717, 1.165) is 0 Å². The Morgan fingerprint density at radius 3 is 2.82 bits per heavy atom. The minimum atomic E-state index is -0.354. The molecule has 0 unspecified atom stereocenters. The molecule has 0 amide bonds. The molecule has 0 saturated carbocycles. The zero-order valence-electron chi connectivity index (χ0n) is 6.28. The van der Waals surface area contributed by atoms with E-state index in [1.54, 1.807) is 18.3 Å². The molecule has 0 aliphatic carbocycles. The molecule has 0 spiro atoms. The Hall–Kier alpha value is -1.42. The van der Waals surface area contributed by atoms with Crippen LogP contribution in [-0.4, -0.2) is 18.1 Å². The van der Waals surface area contributed by atoms with Crippen molar-refractivity contribution in [3.05, 3.63) is 30.1 Å². The highest BCUT2D eigenvalue weighted by molar-refractivity contribution is 5.88. The topological polar surface area (TPSA) is 74.2 Å². The van der Waals surface area contributed by atoms with Crippen LogP contribution in [0.2, 0.25) is 0 Å². The lowest BCUT2D eigenvalue weighted by Gasteiger charge is -1.94. The lowest BCUT2D eigenvalue weighted by Crippen LogP contribution is -2.00. The molecule has 1 heterocycles. The van der Waals surface area contributed by atoms with Crippen molar-refractivity contribution >= 4 is 5.97 Å². The summed E-state index contributed by atoms with van der Waals surface area (Å²) in [5.41, 5.74) is 0.477. The average Bonchev–Trinajstić information content (AvgIpc) is 2.05. The molecule has 4 heteroatoms. The van der Waals surface area contributed by atoms with Crippen molar-refractivity contribution in [3.8, 4) is 0 Å². The molecule has 60 valence electrons. The van der Waals surface area contributed by atoms with Crippen LogP contribution >= 0.6 is 0 Å². The Labute approximate surface area is 64.8 Å². The van der Waals surface area contributed by atoms with Crippen LogP contribution in [0.3, 0.4) is 0 Å². The molecule has 3 N–H and O–H groups in total. The van der Waals surface area contributed by atoms with Gasteiger partial charge in [0, 0.05) is 12.4 Å². The monoisotopic (exact) mass is 154 g/mol. The normalized spacial score (nSPS) is 8.09. The molecule has 4 nitrogen and oxygen atoms in total. The molecule has 0 aliphatic rings. The van der Waals surface area contributed by atoms with Gasteiger partial charge in [-0.1, -0.05) is 0 Å². The molecule has 11 heavy (non-hydrogen) atoms. The maximum atomic E-state index is 10.8. The summed E-state index contributed by atoms with van der Waals surface area (Å²) in [6.45, 7) is 0. The fourth-order valence-electron chi connectivity index (χ4n) is 0.601. The molecule has 0 atom stereocenters. The Morgan fingerprint density at radius 1 is 1.64 bits per heavy atom. The summed E-state index contributed by atoms with van der Waals surface area (Å²) in [6, 6.07) is 3.34. The predicted molar refractivity (Wildman–Crippen MR) is 40.6 cm³/mol. The van der Waals surface area contributed by atoms with Crippen LogP contribution < -0.4 is 6.15 Å². The van der Waals surface area contributed by atoms with Crippen molar-refractivity contribution in [2.75, 3.05) is 7.11 Å². The van der Waals surface area contributed by atoms with Crippen molar-refractivity contribution in [2.24, 2.45) is 0 Å². The Morgan fingerprint density at radius 2 is 2.36 bits per heavy atom. The first-order chi connectivity index (χ1) is 4.84. The summed E-state index contributed by atoms with van der Waals surface area (Å²) in [5, 5.41) is 0. The van der Waals surface area contributed by atoms with Gasteiger partial charge in [0.25, 0.3) is 0 Å². The van der Waals surface area contributed by atoms with E-state index >= 15 is 0 Å². The van der Waals surface area contributed by atoms with Gasteiger partial charge in [-0.3, -0.25) is 4.98 Å². The number of esters is 1. The van der Waals surface area contributed by atoms with Crippen molar-refractivity contribution < 1.29 is 9.53 Å². The fourth-order valence-corrected chi connectivity index (χ4v) is 0.601. The van der Waals surface area contributed by atoms with Gasteiger partial charge < -0.3 is 10.9 Å². The summed E-state index contributed by atoms with van der Waals surface area (Å²) >= 11 is 0. The number of nitrogens with zero attached hydrogens (tertiary/aromatic N) is 1. The third kappa shape index (κ3) is 2.35. The number of methoxy groups -OCH3 is 1. The first-order valence-electron chi connectivity index (χ1n) is 2.83. The van der Waals surface area contributed by atoms with E-state index in [1.165, 1.54) is 13.3 Å². The molecular formula is C7H10N2O2. The summed E-state index contributed by atoms with van der Waals surface area (Å²) in [4.78, 5) is 14.5. The van der Waals surface area contributed by atoms with Gasteiger partial charge in [-0.05, 0) is 12.1 Å². The lowest BCUT2D eigenvalue weighted by molar-refractivity contribution is 0.0600. The molecular weight excluding hydrogens is 144 g/mol. The van der Waals surface area contributed by atoms with Gasteiger partial charge in [0.05, 0.1) is 12.7 Å². The average molecular weight is 154 g/mol. The minimum Gasteiger partial charge on any atom is -0.465 e. The van der Waals surface area contributed by atoms with Crippen LogP contribution in [0.15, 0.2) is 24.5 Å². The number of rotatable bonds is 1. The number of hydrogen-bond donors (Lipinski definition) is 1. The SMILES string of the molecule is COC(=O)c1cccnc1.N. The van der Waals surface area contributed by atoms with Gasteiger partial charge in [0.1, 0.15) is 0 Å². The molecule has 0 bridgehead atoms. The second-order valence-corrected chi connectivity index (χ2v) is 1.73. The number of carbonyl (C=O) groups excluding carboxylic acids is 1. The van der Waals surface area contributed by atoms with E-state index in [0.29, 0.717) is 5.56 Å². The van der Waals surface area contributed by atoms with Gasteiger partial charge in [-0.2, -0.15) is 0 Å². The molecule has 1 rings (SSSR count). The number of aromatic nitrogens is 1. The van der Waals surface area contributed by atoms with Crippen LogP contribution in [0.4, 0.5) is 0 Å². The van der Waals surface area contributed by atoms with E-state index in [-0.39, 0.29) is 12.1 Å². The second kappa shape index (κ2) is 4.40. The number of carbonyl (C=O) groups is 1. The lowest BCUT2D eigenvalue weighted by atomic mass is 10.3. The van der Waals surface area contributed by atoms with Gasteiger partial charge in [0.2, 0.25) is 0 Å². The quantitative estimate of drug-likeness (QED) is 0.613. The highest BCUT2D eigenvalue weighted by Crippen LogP contribution is 1.96. The predicted octanol–water partition coefficient (Wildman–Crippen LogP) is 1.03. The van der Waals surface area contributed by atoms with Crippen LogP contribution in [-0.2, 0) is 4.74 Å². The van der Waals surface area contributed by atoms with Crippen molar-refractivity contribution in [1.29, 1.82) is 0 Å². The molecule has 0 radical (unpaired) electrons. The second-order valence-electron chi connectivity index (χ2n) is 1.73. The van der Waals surface area contributed by atoms with Gasteiger partial charge in [-0.25, -0.2) is 4.79 Å². The Kier molecular flexibility index (Phi) is 3.84. The van der Waals surface area contributed by atoms with Crippen LogP contribution in [0.25, 0.3) is 0 Å². The van der Waals surface area contributed by atoms with Gasteiger partial charge in [0.15, 0.2) is 0 Å². The maximum Gasteiger partial charge on any atom is 0.339 e. The van der Waals surface area contributed by atoms with E-state index in [1.807, 2.05) is 0 Å². The Bertz CT molecular complexity index is 223. The first-order valence-corrected chi connectivity index (χ1v) is 2.83. The summed E-state index contributed by atoms with van der Waals surface area (Å²) in [6.07, 6.45) is 3.07. The molecule has 0 aliphatic heterocycles. The van der Waals surface area contributed by atoms with Crippen LogP contribution in [0.1, 0.15) is 10.4 Å². The van der Waals surface area contributed by atoms with E-state index in [2.05, 4.69) is 9.72 Å². The van der Waals surface area contributed by atoms with Crippen molar-refractivity contribution in [2.45, 2.75) is 0 Å². The fraction of sp³-hybridized carbons (Fsp3) is 0.143.